The van der Waals surface area contributed by atoms with Gasteiger partial charge >= 0.3 is 134 Å². The van der Waals surface area contributed by atoms with Gasteiger partial charge in [-0.05, 0) is 0 Å². The first-order valence-corrected chi connectivity index (χ1v) is 25.3. The molecule has 2 spiro atoms. The van der Waals surface area contributed by atoms with Crippen molar-refractivity contribution in [1.29, 1.82) is 0 Å². The van der Waals surface area contributed by atoms with Gasteiger partial charge in [-0.3, -0.25) is 0 Å². The van der Waals surface area contributed by atoms with Crippen LogP contribution in [0.3, 0.4) is 0 Å². The molecule has 0 nitrogen and oxygen atoms in total. The van der Waals surface area contributed by atoms with E-state index in [-0.39, 0.29) is 0 Å². The van der Waals surface area contributed by atoms with E-state index >= 15 is 0 Å². The van der Waals surface area contributed by atoms with Crippen LogP contribution in [0.5, 0.6) is 0 Å². The van der Waals surface area contributed by atoms with E-state index in [1.165, 1.54) is 14.5 Å². The average Bonchev–Trinajstić information content (AvgIpc) is 3.54. The third kappa shape index (κ3) is 0.0741. The second kappa shape index (κ2) is 0.622. The summed E-state index contributed by atoms with van der Waals surface area (Å²) in [5.41, 5.74) is 0. The van der Waals surface area contributed by atoms with Crippen LogP contribution in [-0.4, -0.2) is 0 Å². The standard InChI is InChI=1S/C14H16.2C5H5.2Fe/c1-2-7-14(12-8-3-4-9-12)13-10-5-6-11-13;2*1-2-4-5-3-1;;/h3-6,8-11,14H,2,7H2,1H3;2*1-5H;;. The van der Waals surface area contributed by atoms with Crippen molar-refractivity contribution in [3.05, 3.63) is 0 Å². The molecule has 0 aromatic heterocycles. The van der Waals surface area contributed by atoms with Crippen molar-refractivity contribution < 1.29 is 13.0 Å². The Balaban J connectivity index is 1.15. The summed E-state index contributed by atoms with van der Waals surface area (Å²) in [5.74, 6) is 1.50. The fraction of sp³-hybridized carbons (Fsp3) is 1.00. The molecule has 138 valence electrons. The summed E-state index contributed by atoms with van der Waals surface area (Å²) in [4.78, 5) is 29.0. The molecule has 8 unspecified atom stereocenters. The van der Waals surface area contributed by atoms with Crippen molar-refractivity contribution in [3.8, 4) is 0 Å². The van der Waals surface area contributed by atoms with Crippen LogP contribution in [-0.2, 0) is 13.0 Å². The number of hydrogen-bond acceptors (Lipinski definition) is 0. The van der Waals surface area contributed by atoms with Crippen LogP contribution in [0, 0.1) is 5.92 Å². The molecule has 20 aliphatic rings. The SMILES string of the molecule is CCCC([C]12[CH]3[CH]4[CH]5[CH]1[Fe]45321678[CH]2[CH]1[CH]6[CH]7[CH]28)[C]12[CH]3[CH]4[CH]5[CH]1[Fe]45321678[CH]2[CH]1[CH]6[CH]7[CH]28. The zero-order chi connectivity index (χ0) is 15.0. The normalized spacial score (nSPS) is 154. The van der Waals surface area contributed by atoms with Gasteiger partial charge in [0.2, 0.25) is 0 Å². The fourth-order valence-electron chi connectivity index (χ4n) is 35.7. The predicted molar refractivity (Wildman–Crippen MR) is 91.3 cm³/mol. The zero-order valence-electron chi connectivity index (χ0n) is 15.1. The molecule has 0 aliphatic carbocycles. The second-order valence-corrected chi connectivity index (χ2v) is 68.0. The second-order valence-electron chi connectivity index (χ2n) is 20.8. The van der Waals surface area contributed by atoms with Crippen molar-refractivity contribution in [2.75, 3.05) is 0 Å². The van der Waals surface area contributed by atoms with Crippen molar-refractivity contribution in [2.45, 2.75) is 115 Å². The van der Waals surface area contributed by atoms with Crippen molar-refractivity contribution in [1.82, 2.24) is 0 Å². The first-order chi connectivity index (χ1) is 12.3. The van der Waals surface area contributed by atoms with Gasteiger partial charge in [0.1, 0.15) is 0 Å². The molecule has 20 rings (SSSR count). The summed E-state index contributed by atoms with van der Waals surface area (Å²) in [6.07, 6.45) is 3.44. The molecule has 0 amide bonds. The summed E-state index contributed by atoms with van der Waals surface area (Å²) in [6.45, 7) is -3.14. The Hall–Kier alpha value is 1.04. The molecular weight excluding hydrogens is 400 g/mol. The maximum absolute atomic E-state index is 2.89. The third-order valence-electron chi connectivity index (χ3n) is 31.2. The Kier molecular flexibility index (Phi) is 0.207. The van der Waals surface area contributed by atoms with E-state index < -0.39 is 13.0 Å². The van der Waals surface area contributed by atoms with Crippen LogP contribution in [0.25, 0.3) is 0 Å². The van der Waals surface area contributed by atoms with Crippen molar-refractivity contribution in [3.63, 3.8) is 0 Å². The number of rotatable bonds is 4. The van der Waals surface area contributed by atoms with Gasteiger partial charge < -0.3 is 0 Å². The molecule has 20 aliphatic heterocycles. The molecule has 0 aromatic carbocycles. The summed E-state index contributed by atoms with van der Waals surface area (Å²) < 4.78 is 2.62. The monoisotopic (exact) mass is 426 g/mol. The first-order valence-electron chi connectivity index (χ1n) is 12.7. The van der Waals surface area contributed by atoms with Gasteiger partial charge in [0, 0.05) is 0 Å². The summed E-state index contributed by atoms with van der Waals surface area (Å²) in [5, 5.41) is 0. The fourth-order valence-corrected chi connectivity index (χ4v) is 187. The van der Waals surface area contributed by atoms with E-state index in [0.29, 0.717) is 0 Å². The van der Waals surface area contributed by atoms with Gasteiger partial charge in [0.25, 0.3) is 0 Å². The molecule has 0 radical (unpaired) electrons. The number of fused-ring (bicyclic) bond motifs is 20. The average molecular weight is 426 g/mol. The van der Waals surface area contributed by atoms with E-state index in [4.69, 9.17) is 0 Å². The van der Waals surface area contributed by atoms with Gasteiger partial charge in [-0.25, -0.2) is 0 Å². The van der Waals surface area contributed by atoms with Gasteiger partial charge in [-0.15, -0.1) is 0 Å². The van der Waals surface area contributed by atoms with Gasteiger partial charge in [-0.2, -0.15) is 0 Å². The molecule has 20 heterocycles. The van der Waals surface area contributed by atoms with Crippen molar-refractivity contribution in [2.24, 2.45) is 5.92 Å². The third-order valence-corrected chi connectivity index (χ3v) is 117. The van der Waals surface area contributed by atoms with E-state index in [9.17, 15) is 0 Å². The van der Waals surface area contributed by atoms with Crippen LogP contribution in [0.15, 0.2) is 0 Å². The minimum atomic E-state index is -2.89. The molecule has 8 atom stereocenters. The van der Waals surface area contributed by atoms with E-state index in [1.807, 2.05) is 6.42 Å². The van der Waals surface area contributed by atoms with Crippen LogP contribution < -0.4 is 0 Å². The Morgan fingerprint density at radius 2 is 0.846 bits per heavy atom. The van der Waals surface area contributed by atoms with E-state index in [1.54, 1.807) is 93.1 Å². The summed E-state index contributed by atoms with van der Waals surface area (Å²) in [7, 11) is 0. The van der Waals surface area contributed by atoms with Crippen LogP contribution in [0.2, 0.25) is 95.3 Å². The van der Waals surface area contributed by atoms with Crippen molar-refractivity contribution >= 4 is 0 Å². The molecule has 26 heavy (non-hydrogen) atoms. The maximum atomic E-state index is 2.64. The number of hydrogen-bond donors (Lipinski definition) is 0. The Bertz CT molecular complexity index is 1740. The molecule has 2 heteroatoms. The van der Waals surface area contributed by atoms with Gasteiger partial charge in [0.05, 0.1) is 0 Å². The Labute approximate surface area is 133 Å². The van der Waals surface area contributed by atoms with Gasteiger partial charge in [0.15, 0.2) is 0 Å². The van der Waals surface area contributed by atoms with E-state index in [2.05, 4.69) is 6.92 Å². The molecule has 0 saturated carbocycles. The van der Waals surface area contributed by atoms with Crippen LogP contribution in [0.1, 0.15) is 19.8 Å². The minimum absolute atomic E-state index is 1.31. The summed E-state index contributed by atoms with van der Waals surface area (Å²) in [6, 6.07) is 0. The van der Waals surface area contributed by atoms with Crippen LogP contribution in [0.4, 0.5) is 0 Å². The molecule has 0 N–H and O–H groups in total. The quantitative estimate of drug-likeness (QED) is 0.401. The predicted octanol–water partition coefficient (Wildman–Crippen LogP) is 7.92. The van der Waals surface area contributed by atoms with E-state index in [0.717, 1.165) is 0 Å². The molecule has 20 fully saturated rings. The molecule has 0 aromatic rings. The van der Waals surface area contributed by atoms with Gasteiger partial charge in [-0.1, -0.05) is 0 Å². The zero-order valence-corrected chi connectivity index (χ0v) is 17.3. The Morgan fingerprint density at radius 1 is 0.538 bits per heavy atom. The topological polar surface area (TPSA) is 0 Å². The molecular formula is C24H26Fe2. The Morgan fingerprint density at radius 3 is 1.00 bits per heavy atom. The van der Waals surface area contributed by atoms with Crippen LogP contribution >= 0.6 is 0 Å². The first kappa shape index (κ1) is 8.65. The molecule has 0 bridgehead atoms. The molecule has 20 saturated heterocycles. The summed E-state index contributed by atoms with van der Waals surface area (Å²) >= 11 is 0.